The number of nitrogens with zero attached hydrogens (tertiary/aromatic N) is 2. The lowest BCUT2D eigenvalue weighted by molar-refractivity contribution is 0.564. The summed E-state index contributed by atoms with van der Waals surface area (Å²) in [5, 5.41) is 0. The number of isocyanates is 2. The van der Waals surface area contributed by atoms with Crippen molar-refractivity contribution >= 4 is 23.5 Å². The molecule has 0 aliphatic heterocycles. The Labute approximate surface area is 161 Å². The second kappa shape index (κ2) is 8.73. The van der Waals surface area contributed by atoms with Gasteiger partial charge >= 0.3 is 0 Å². The van der Waals surface area contributed by atoms with Gasteiger partial charge in [-0.1, -0.05) is 52.0 Å². The Kier molecular flexibility index (Phi) is 6.63. The van der Waals surface area contributed by atoms with Gasteiger partial charge < -0.3 is 0 Å². The zero-order chi connectivity index (χ0) is 20.1. The van der Waals surface area contributed by atoms with Gasteiger partial charge in [-0.3, -0.25) is 0 Å². The minimum atomic E-state index is 0.257. The molecule has 0 N–H and O–H groups in total. The highest BCUT2D eigenvalue weighted by Crippen LogP contribution is 2.34. The number of aryl methyl sites for hydroxylation is 2. The van der Waals surface area contributed by atoms with Crippen molar-refractivity contribution in [2.24, 2.45) is 9.98 Å². The van der Waals surface area contributed by atoms with Gasteiger partial charge in [0.05, 0.1) is 11.4 Å². The van der Waals surface area contributed by atoms with Gasteiger partial charge in [-0.25, -0.2) is 9.59 Å². The number of rotatable bonds is 6. The fraction of sp³-hybridized carbons (Fsp3) is 0.391. The van der Waals surface area contributed by atoms with Gasteiger partial charge in [0, 0.05) is 0 Å². The van der Waals surface area contributed by atoms with E-state index in [-0.39, 0.29) is 11.8 Å². The van der Waals surface area contributed by atoms with Crippen LogP contribution in [0.1, 0.15) is 72.9 Å². The summed E-state index contributed by atoms with van der Waals surface area (Å²) in [5.74, 6) is 0.515. The third-order valence-electron chi connectivity index (χ3n) is 4.75. The molecule has 0 saturated carbocycles. The monoisotopic (exact) mass is 362 g/mol. The normalized spacial score (nSPS) is 10.7. The minimum Gasteiger partial charge on any atom is -0.211 e. The van der Waals surface area contributed by atoms with E-state index >= 15 is 0 Å². The van der Waals surface area contributed by atoms with Gasteiger partial charge in [0.1, 0.15) is 0 Å². The van der Waals surface area contributed by atoms with Crippen LogP contribution in [0.2, 0.25) is 0 Å². The first kappa shape index (κ1) is 20.5. The Morgan fingerprint density at radius 2 is 1.11 bits per heavy atom. The smallest absolute Gasteiger partial charge is 0.211 e. The SMILES string of the molecule is Cc1cc(Cc2cc(C)c(N=C=O)c(C(C)C)c2)cc(C(C)C)c1N=C=O. The Hall–Kier alpha value is -2.80. The summed E-state index contributed by atoms with van der Waals surface area (Å²) in [6.45, 7) is 12.3. The van der Waals surface area contributed by atoms with E-state index in [0.717, 1.165) is 40.0 Å². The van der Waals surface area contributed by atoms with Gasteiger partial charge in [-0.05, 0) is 65.5 Å². The van der Waals surface area contributed by atoms with Crippen LogP contribution in [0.3, 0.4) is 0 Å². The summed E-state index contributed by atoms with van der Waals surface area (Å²) < 4.78 is 0. The maximum Gasteiger partial charge on any atom is 0.240 e. The van der Waals surface area contributed by atoms with E-state index in [1.807, 2.05) is 13.8 Å². The van der Waals surface area contributed by atoms with Crippen molar-refractivity contribution < 1.29 is 9.59 Å². The molecule has 27 heavy (non-hydrogen) atoms. The number of carbonyl (C=O) groups excluding carboxylic acids is 2. The van der Waals surface area contributed by atoms with Crippen LogP contribution in [0.4, 0.5) is 11.4 Å². The molecule has 4 heteroatoms. The maximum atomic E-state index is 10.8. The van der Waals surface area contributed by atoms with Crippen molar-refractivity contribution in [2.45, 2.75) is 59.8 Å². The van der Waals surface area contributed by atoms with Crippen molar-refractivity contribution in [2.75, 3.05) is 0 Å². The summed E-state index contributed by atoms with van der Waals surface area (Å²) in [5.41, 5.74) is 7.83. The zero-order valence-electron chi connectivity index (χ0n) is 16.9. The predicted molar refractivity (Wildman–Crippen MR) is 109 cm³/mol. The standard InChI is InChI=1S/C23H26N2O2/c1-14(2)20-10-18(7-16(5)22(20)24-12-26)9-19-8-17(6)23(25-13-27)21(11-19)15(3)4/h7-8,10-11,14-15H,9H2,1-6H3. The Balaban J connectivity index is 2.54. The number of benzene rings is 2. The fourth-order valence-electron chi connectivity index (χ4n) is 3.48. The minimum absolute atomic E-state index is 0.257. The molecule has 0 fully saturated rings. The van der Waals surface area contributed by atoms with E-state index in [1.54, 1.807) is 12.2 Å². The molecule has 0 spiro atoms. The maximum absolute atomic E-state index is 10.8. The van der Waals surface area contributed by atoms with Crippen LogP contribution in [0.15, 0.2) is 34.3 Å². The number of hydrogen-bond donors (Lipinski definition) is 0. The molecule has 0 bridgehead atoms. The summed E-state index contributed by atoms with van der Waals surface area (Å²) in [6.07, 6.45) is 4.10. The Morgan fingerprint density at radius 3 is 1.41 bits per heavy atom. The fourth-order valence-corrected chi connectivity index (χ4v) is 3.48. The van der Waals surface area contributed by atoms with E-state index in [2.05, 4.69) is 61.9 Å². The summed E-state index contributed by atoms with van der Waals surface area (Å²) >= 11 is 0. The van der Waals surface area contributed by atoms with Gasteiger partial charge in [0.15, 0.2) is 0 Å². The highest BCUT2D eigenvalue weighted by atomic mass is 16.1. The van der Waals surface area contributed by atoms with Crippen LogP contribution in [0.5, 0.6) is 0 Å². The second-order valence-electron chi connectivity index (χ2n) is 7.59. The molecule has 0 unspecified atom stereocenters. The van der Waals surface area contributed by atoms with Gasteiger partial charge in [0.2, 0.25) is 12.2 Å². The molecule has 2 aromatic carbocycles. The molecule has 0 saturated heterocycles. The molecule has 0 radical (unpaired) electrons. The van der Waals surface area contributed by atoms with Crippen molar-refractivity contribution in [1.82, 2.24) is 0 Å². The van der Waals surface area contributed by atoms with Crippen LogP contribution in [-0.4, -0.2) is 12.2 Å². The van der Waals surface area contributed by atoms with E-state index in [4.69, 9.17) is 0 Å². The first-order valence-corrected chi connectivity index (χ1v) is 9.21. The summed E-state index contributed by atoms with van der Waals surface area (Å²) in [6, 6.07) is 8.39. The molecular formula is C23H26N2O2. The van der Waals surface area contributed by atoms with Gasteiger partial charge in [0.25, 0.3) is 0 Å². The summed E-state index contributed by atoms with van der Waals surface area (Å²) in [4.78, 5) is 29.4. The van der Waals surface area contributed by atoms with Crippen molar-refractivity contribution in [3.05, 3.63) is 57.6 Å². The molecular weight excluding hydrogens is 336 g/mol. The lowest BCUT2D eigenvalue weighted by Crippen LogP contribution is -1.99. The first-order chi connectivity index (χ1) is 12.8. The van der Waals surface area contributed by atoms with E-state index in [9.17, 15) is 9.59 Å². The highest BCUT2D eigenvalue weighted by Gasteiger charge is 2.14. The van der Waals surface area contributed by atoms with Crippen molar-refractivity contribution in [1.29, 1.82) is 0 Å². The molecule has 4 nitrogen and oxygen atoms in total. The van der Waals surface area contributed by atoms with Crippen molar-refractivity contribution in [3.8, 4) is 0 Å². The molecule has 0 aromatic heterocycles. The van der Waals surface area contributed by atoms with Gasteiger partial charge in [-0.15, -0.1) is 0 Å². The van der Waals surface area contributed by atoms with E-state index in [0.29, 0.717) is 0 Å². The molecule has 0 heterocycles. The molecule has 2 aromatic rings. The van der Waals surface area contributed by atoms with Crippen LogP contribution in [0.25, 0.3) is 0 Å². The zero-order valence-corrected chi connectivity index (χ0v) is 16.9. The predicted octanol–water partition coefficient (Wildman–Crippen LogP) is 6.08. The average molecular weight is 362 g/mol. The lowest BCUT2D eigenvalue weighted by atomic mass is 9.90. The summed E-state index contributed by atoms with van der Waals surface area (Å²) in [7, 11) is 0. The first-order valence-electron chi connectivity index (χ1n) is 9.21. The Bertz CT molecular complexity index is 868. The Morgan fingerprint density at radius 1 is 0.741 bits per heavy atom. The molecule has 0 aliphatic carbocycles. The van der Waals surface area contributed by atoms with E-state index < -0.39 is 0 Å². The van der Waals surface area contributed by atoms with Crippen LogP contribution < -0.4 is 0 Å². The number of aliphatic imine (C=N–C) groups is 2. The topological polar surface area (TPSA) is 58.9 Å². The van der Waals surface area contributed by atoms with Crippen molar-refractivity contribution in [3.63, 3.8) is 0 Å². The highest BCUT2D eigenvalue weighted by molar-refractivity contribution is 5.62. The molecule has 0 amide bonds. The average Bonchev–Trinajstić information content (AvgIpc) is 2.58. The third-order valence-corrected chi connectivity index (χ3v) is 4.75. The quantitative estimate of drug-likeness (QED) is 0.462. The number of hydrogen-bond acceptors (Lipinski definition) is 4. The van der Waals surface area contributed by atoms with Gasteiger partial charge in [-0.2, -0.15) is 9.98 Å². The molecule has 0 atom stereocenters. The molecule has 0 aliphatic rings. The van der Waals surface area contributed by atoms with E-state index in [1.165, 1.54) is 11.1 Å². The lowest BCUT2D eigenvalue weighted by Gasteiger charge is -2.16. The van der Waals surface area contributed by atoms with Crippen LogP contribution >= 0.6 is 0 Å². The second-order valence-corrected chi connectivity index (χ2v) is 7.59. The molecule has 140 valence electrons. The molecule has 2 rings (SSSR count). The third kappa shape index (κ3) is 4.68. The largest absolute Gasteiger partial charge is 0.240 e. The van der Waals surface area contributed by atoms with Crippen LogP contribution in [-0.2, 0) is 16.0 Å². The van der Waals surface area contributed by atoms with Crippen LogP contribution in [0, 0.1) is 13.8 Å².